The Morgan fingerprint density at radius 1 is 0.949 bits per heavy atom. The molecule has 1 N–H and O–H groups in total. The lowest BCUT2D eigenvalue weighted by Gasteiger charge is -2.25. The number of anilines is 1. The van der Waals surface area contributed by atoms with E-state index in [1.54, 1.807) is 68.1 Å². The molecule has 0 aliphatic rings. The van der Waals surface area contributed by atoms with E-state index in [2.05, 4.69) is 10.3 Å². The van der Waals surface area contributed by atoms with E-state index in [0.29, 0.717) is 22.9 Å². The van der Waals surface area contributed by atoms with Crippen molar-refractivity contribution in [3.63, 3.8) is 0 Å². The molecule has 39 heavy (non-hydrogen) atoms. The smallest absolute Gasteiger partial charge is 0.243 e. The van der Waals surface area contributed by atoms with Gasteiger partial charge in [-0.1, -0.05) is 0 Å². The number of nitrogens with zero attached hydrogens (tertiary/aromatic N) is 3. The third-order valence-corrected chi connectivity index (χ3v) is 8.03. The van der Waals surface area contributed by atoms with Gasteiger partial charge in [-0.2, -0.15) is 4.31 Å². The largest absolute Gasteiger partial charge is 0.497 e. The van der Waals surface area contributed by atoms with Crippen molar-refractivity contribution >= 4 is 21.9 Å². The van der Waals surface area contributed by atoms with Gasteiger partial charge < -0.3 is 9.47 Å². The first kappa shape index (κ1) is 27.8. The quantitative estimate of drug-likeness (QED) is 0.305. The molecule has 0 radical (unpaired) electrons. The molecular weight excluding hydrogens is 523 g/mol. The first-order valence-corrected chi connectivity index (χ1v) is 13.5. The Bertz CT molecular complexity index is 1530. The van der Waals surface area contributed by atoms with Crippen LogP contribution in [0.25, 0.3) is 16.9 Å². The maximum atomic E-state index is 13.6. The molecule has 11 heteroatoms. The number of benzene rings is 3. The van der Waals surface area contributed by atoms with Crippen molar-refractivity contribution in [2.45, 2.75) is 24.8 Å². The molecule has 0 bridgehead atoms. The highest BCUT2D eigenvalue weighted by Gasteiger charge is 2.29. The second kappa shape index (κ2) is 11.7. The molecule has 0 aliphatic carbocycles. The van der Waals surface area contributed by atoms with E-state index >= 15 is 0 Å². The number of carbonyl (C=O) groups excluding carboxylic acids is 1. The van der Waals surface area contributed by atoms with Crippen LogP contribution in [0.5, 0.6) is 11.5 Å². The molecule has 204 valence electrons. The van der Waals surface area contributed by atoms with Crippen LogP contribution in [0.3, 0.4) is 0 Å². The lowest BCUT2D eigenvalue weighted by atomic mass is 10.1. The molecule has 3 aromatic carbocycles. The van der Waals surface area contributed by atoms with Crippen molar-refractivity contribution < 1.29 is 27.1 Å². The average Bonchev–Trinajstić information content (AvgIpc) is 3.35. The van der Waals surface area contributed by atoms with Gasteiger partial charge in [-0.3, -0.25) is 14.7 Å². The van der Waals surface area contributed by atoms with Gasteiger partial charge in [0.15, 0.2) is 0 Å². The normalized spacial score (nSPS) is 11.6. The van der Waals surface area contributed by atoms with Crippen LogP contribution in [0.2, 0.25) is 0 Å². The van der Waals surface area contributed by atoms with Crippen LogP contribution in [-0.4, -0.2) is 55.0 Å². The van der Waals surface area contributed by atoms with E-state index in [-0.39, 0.29) is 10.8 Å². The van der Waals surface area contributed by atoms with E-state index in [9.17, 15) is 17.6 Å². The van der Waals surface area contributed by atoms with Crippen LogP contribution in [-0.2, 0) is 14.8 Å². The third kappa shape index (κ3) is 6.27. The van der Waals surface area contributed by atoms with Crippen molar-refractivity contribution in [2.24, 2.45) is 0 Å². The monoisotopic (exact) mass is 552 g/mol. The Balaban J connectivity index is 1.64. The molecule has 0 atom stereocenters. The van der Waals surface area contributed by atoms with E-state index in [1.807, 2.05) is 12.1 Å². The minimum Gasteiger partial charge on any atom is -0.497 e. The molecule has 0 saturated heterocycles. The van der Waals surface area contributed by atoms with Crippen LogP contribution in [0.15, 0.2) is 83.9 Å². The van der Waals surface area contributed by atoms with Crippen LogP contribution in [0, 0.1) is 5.82 Å². The zero-order valence-electron chi connectivity index (χ0n) is 22.0. The number of hydrogen-bond donors (Lipinski definition) is 1. The number of imidazole rings is 1. The molecule has 0 aliphatic heterocycles. The molecule has 1 aromatic heterocycles. The predicted molar refractivity (Wildman–Crippen MR) is 146 cm³/mol. The lowest BCUT2D eigenvalue weighted by molar-refractivity contribution is -0.116. The predicted octanol–water partition coefficient (Wildman–Crippen LogP) is 4.73. The first-order chi connectivity index (χ1) is 18.6. The molecule has 0 spiro atoms. The summed E-state index contributed by atoms with van der Waals surface area (Å²) in [6.07, 6.45) is 1.71. The van der Waals surface area contributed by atoms with Gasteiger partial charge in [-0.05, 0) is 86.6 Å². The van der Waals surface area contributed by atoms with Gasteiger partial charge in [0.2, 0.25) is 21.9 Å². The number of carbonyl (C=O) groups is 1. The number of aromatic nitrogens is 2. The Labute approximate surface area is 226 Å². The summed E-state index contributed by atoms with van der Waals surface area (Å²) in [7, 11) is -0.927. The zero-order chi connectivity index (χ0) is 28.2. The molecule has 4 aromatic rings. The van der Waals surface area contributed by atoms with Gasteiger partial charge in [0.1, 0.15) is 17.3 Å². The van der Waals surface area contributed by atoms with E-state index in [1.165, 1.54) is 31.4 Å². The summed E-state index contributed by atoms with van der Waals surface area (Å²) in [4.78, 5) is 17.8. The fraction of sp³-hybridized carbons (Fsp3) is 0.214. The van der Waals surface area contributed by atoms with Gasteiger partial charge in [0, 0.05) is 23.5 Å². The maximum Gasteiger partial charge on any atom is 0.243 e. The van der Waals surface area contributed by atoms with Crippen LogP contribution in [0.4, 0.5) is 10.3 Å². The van der Waals surface area contributed by atoms with Gasteiger partial charge in [0.25, 0.3) is 0 Å². The van der Waals surface area contributed by atoms with Crippen LogP contribution >= 0.6 is 0 Å². The number of halogens is 1. The van der Waals surface area contributed by atoms with E-state index < -0.39 is 34.3 Å². The lowest BCUT2D eigenvalue weighted by Crippen LogP contribution is -2.42. The fourth-order valence-electron chi connectivity index (χ4n) is 3.90. The standard InChI is InChI=1S/C28H29FN4O5S/c1-19(2)33(39(35,36)25-15-13-24(38-4)14-16-25)18-27(34)31-28-30-26(20-5-11-23(37-3)12-6-20)17-32(28)22-9-7-21(29)8-10-22/h5-17,19H,18H2,1-4H3,(H,30,31,34). The molecule has 0 unspecified atom stereocenters. The summed E-state index contributed by atoms with van der Waals surface area (Å²) in [5, 5.41) is 2.73. The second-order valence-corrected chi connectivity index (χ2v) is 10.8. The molecule has 1 amide bonds. The summed E-state index contributed by atoms with van der Waals surface area (Å²) >= 11 is 0. The molecule has 0 fully saturated rings. The Kier molecular flexibility index (Phi) is 8.32. The van der Waals surface area contributed by atoms with Crippen molar-refractivity contribution in [1.29, 1.82) is 0 Å². The van der Waals surface area contributed by atoms with E-state index in [4.69, 9.17) is 9.47 Å². The first-order valence-electron chi connectivity index (χ1n) is 12.1. The second-order valence-electron chi connectivity index (χ2n) is 8.89. The van der Waals surface area contributed by atoms with Gasteiger partial charge in [-0.25, -0.2) is 17.8 Å². The van der Waals surface area contributed by atoms with Crippen molar-refractivity contribution in [2.75, 3.05) is 26.1 Å². The highest BCUT2D eigenvalue weighted by molar-refractivity contribution is 7.89. The summed E-state index contributed by atoms with van der Waals surface area (Å²) < 4.78 is 53.4. The Morgan fingerprint density at radius 3 is 2.05 bits per heavy atom. The Morgan fingerprint density at radius 2 is 1.51 bits per heavy atom. The fourth-order valence-corrected chi connectivity index (χ4v) is 5.49. The number of rotatable bonds is 10. The topological polar surface area (TPSA) is 103 Å². The van der Waals surface area contributed by atoms with Gasteiger partial charge in [0.05, 0.1) is 31.4 Å². The van der Waals surface area contributed by atoms with E-state index in [0.717, 1.165) is 9.87 Å². The summed E-state index contributed by atoms with van der Waals surface area (Å²) in [5.41, 5.74) is 1.87. The number of nitrogens with one attached hydrogen (secondary N) is 1. The van der Waals surface area contributed by atoms with Crippen molar-refractivity contribution in [3.05, 3.63) is 84.8 Å². The molecular formula is C28H29FN4O5S. The minimum absolute atomic E-state index is 0.0411. The minimum atomic E-state index is -3.99. The van der Waals surface area contributed by atoms with Gasteiger partial charge >= 0.3 is 0 Å². The average molecular weight is 553 g/mol. The van der Waals surface area contributed by atoms with Crippen molar-refractivity contribution in [1.82, 2.24) is 13.9 Å². The number of sulfonamides is 1. The summed E-state index contributed by atoms with van der Waals surface area (Å²) in [6.45, 7) is 2.94. The number of ether oxygens (including phenoxy) is 2. The maximum absolute atomic E-state index is 13.6. The summed E-state index contributed by atoms with van der Waals surface area (Å²) in [5.74, 6) is 0.357. The van der Waals surface area contributed by atoms with Crippen molar-refractivity contribution in [3.8, 4) is 28.4 Å². The highest BCUT2D eigenvalue weighted by Crippen LogP contribution is 2.27. The number of hydrogen-bond acceptors (Lipinski definition) is 6. The molecule has 0 saturated carbocycles. The molecule has 4 rings (SSSR count). The van der Waals surface area contributed by atoms with Gasteiger partial charge in [-0.15, -0.1) is 0 Å². The molecule has 1 heterocycles. The summed E-state index contributed by atoms with van der Waals surface area (Å²) in [6, 6.07) is 18.4. The van der Waals surface area contributed by atoms with Crippen LogP contribution in [0.1, 0.15) is 13.8 Å². The Hall–Kier alpha value is -4.22. The molecule has 9 nitrogen and oxygen atoms in total. The third-order valence-electron chi connectivity index (χ3n) is 5.99. The SMILES string of the molecule is COc1ccc(-c2cn(-c3ccc(F)cc3)c(NC(=O)CN(C(C)C)S(=O)(=O)c3ccc(OC)cc3)n2)cc1. The zero-order valence-corrected chi connectivity index (χ0v) is 22.8. The number of amides is 1. The number of methoxy groups -OCH3 is 2. The highest BCUT2D eigenvalue weighted by atomic mass is 32.2. The van der Waals surface area contributed by atoms with Crippen LogP contribution < -0.4 is 14.8 Å².